The molecular formula is C18H18ClFN2O5S2. The molecule has 0 saturated carbocycles. The lowest BCUT2D eigenvalue weighted by molar-refractivity contribution is 0.0608. The minimum atomic E-state index is -4.75. The summed E-state index contributed by atoms with van der Waals surface area (Å²) >= 11 is 7.09. The third kappa shape index (κ3) is 5.34. The zero-order valence-electron chi connectivity index (χ0n) is 15.8. The Morgan fingerprint density at radius 1 is 1.38 bits per heavy atom. The molecule has 156 valence electrons. The lowest BCUT2D eigenvalue weighted by Gasteiger charge is -2.25. The van der Waals surface area contributed by atoms with Crippen molar-refractivity contribution < 1.29 is 27.1 Å². The highest BCUT2D eigenvalue weighted by Gasteiger charge is 2.38. The average molecular weight is 461 g/mol. The molecule has 2 rings (SSSR count). The summed E-state index contributed by atoms with van der Waals surface area (Å²) in [4.78, 5) is 15.6. The van der Waals surface area contributed by atoms with Gasteiger partial charge in [0.15, 0.2) is 5.82 Å². The number of thiazole rings is 1. The molecule has 29 heavy (non-hydrogen) atoms. The smallest absolute Gasteiger partial charge is 0.430 e. The second kappa shape index (κ2) is 8.52. The zero-order valence-corrected chi connectivity index (χ0v) is 18.2. The second-order valence-electron chi connectivity index (χ2n) is 6.58. The lowest BCUT2D eigenvalue weighted by atomic mass is 10.2. The summed E-state index contributed by atoms with van der Waals surface area (Å²) in [5.74, 6) is -1.50. The predicted molar refractivity (Wildman–Crippen MR) is 109 cm³/mol. The molecule has 0 aliphatic carbocycles. The first-order chi connectivity index (χ1) is 13.4. The average Bonchev–Trinajstić information content (AvgIpc) is 3.09. The molecule has 1 aromatic carbocycles. The number of aromatic nitrogens is 1. The van der Waals surface area contributed by atoms with Crippen LogP contribution in [-0.4, -0.2) is 25.1 Å². The van der Waals surface area contributed by atoms with Gasteiger partial charge in [-0.3, -0.25) is 0 Å². The second-order valence-corrected chi connectivity index (χ2v) is 9.46. The fourth-order valence-electron chi connectivity index (χ4n) is 1.99. The number of anilines is 1. The first-order valence-electron chi connectivity index (χ1n) is 8.01. The SMILES string of the molecule is C=CC(=C)Oc1cc(F)c(S(=O)(=O)N(C(=O)OC(C)(C)C)c2cscn2)cc1Cl. The number of hydrogen-bond acceptors (Lipinski definition) is 7. The molecule has 1 aromatic heterocycles. The van der Waals surface area contributed by atoms with Crippen LogP contribution in [0, 0.1) is 5.82 Å². The number of halogens is 2. The minimum Gasteiger partial charge on any atom is -0.456 e. The quantitative estimate of drug-likeness (QED) is 0.438. The molecule has 0 fully saturated rings. The van der Waals surface area contributed by atoms with Crippen molar-refractivity contribution >= 4 is 44.9 Å². The molecular weight excluding hydrogens is 443 g/mol. The third-order valence-corrected chi connectivity index (χ3v) is 5.71. The van der Waals surface area contributed by atoms with Crippen LogP contribution in [0.1, 0.15) is 20.8 Å². The normalized spacial score (nSPS) is 11.6. The highest BCUT2D eigenvalue weighted by atomic mass is 35.5. The maximum absolute atomic E-state index is 14.7. The predicted octanol–water partition coefficient (Wildman–Crippen LogP) is 5.14. The van der Waals surface area contributed by atoms with Crippen LogP contribution in [0.3, 0.4) is 0 Å². The van der Waals surface area contributed by atoms with Gasteiger partial charge >= 0.3 is 6.09 Å². The van der Waals surface area contributed by atoms with Crippen molar-refractivity contribution in [3.63, 3.8) is 0 Å². The van der Waals surface area contributed by atoms with Gasteiger partial charge in [0.05, 0.1) is 10.5 Å². The molecule has 0 saturated heterocycles. The molecule has 0 bridgehead atoms. The Morgan fingerprint density at radius 3 is 2.55 bits per heavy atom. The van der Waals surface area contributed by atoms with E-state index >= 15 is 0 Å². The topological polar surface area (TPSA) is 85.8 Å². The Labute approximate surface area is 177 Å². The summed E-state index contributed by atoms with van der Waals surface area (Å²) < 4.78 is 51.6. The number of ether oxygens (including phenoxy) is 2. The van der Waals surface area contributed by atoms with Crippen LogP contribution in [0.5, 0.6) is 5.75 Å². The molecule has 1 heterocycles. The van der Waals surface area contributed by atoms with Crippen molar-refractivity contribution in [2.45, 2.75) is 31.3 Å². The van der Waals surface area contributed by atoms with E-state index in [0.717, 1.165) is 23.5 Å². The number of sulfonamides is 1. The van der Waals surface area contributed by atoms with Gasteiger partial charge in [0.25, 0.3) is 10.0 Å². The fourth-order valence-corrected chi connectivity index (χ4v) is 4.19. The number of hydrogen-bond donors (Lipinski definition) is 0. The fraction of sp³-hybridized carbons (Fsp3) is 0.222. The van der Waals surface area contributed by atoms with Gasteiger partial charge in [-0.05, 0) is 32.9 Å². The number of benzene rings is 1. The monoisotopic (exact) mass is 460 g/mol. The van der Waals surface area contributed by atoms with Crippen LogP contribution < -0.4 is 9.04 Å². The molecule has 0 aliphatic heterocycles. The van der Waals surface area contributed by atoms with E-state index in [9.17, 15) is 17.6 Å². The van der Waals surface area contributed by atoms with Crippen molar-refractivity contribution in [1.29, 1.82) is 0 Å². The van der Waals surface area contributed by atoms with Gasteiger partial charge in [0.1, 0.15) is 27.8 Å². The zero-order chi connectivity index (χ0) is 22.0. The summed E-state index contributed by atoms with van der Waals surface area (Å²) in [5, 5.41) is 1.10. The van der Waals surface area contributed by atoms with Crippen LogP contribution in [0.25, 0.3) is 0 Å². The van der Waals surface area contributed by atoms with Crippen LogP contribution in [0.4, 0.5) is 15.0 Å². The van der Waals surface area contributed by atoms with E-state index in [-0.39, 0.29) is 26.7 Å². The molecule has 11 heteroatoms. The van der Waals surface area contributed by atoms with Crippen molar-refractivity contribution in [3.8, 4) is 5.75 Å². The Balaban J connectivity index is 2.57. The summed E-state index contributed by atoms with van der Waals surface area (Å²) in [6, 6.07) is 1.61. The van der Waals surface area contributed by atoms with Gasteiger partial charge in [-0.15, -0.1) is 15.6 Å². The van der Waals surface area contributed by atoms with Gasteiger partial charge in [-0.25, -0.2) is 22.6 Å². The van der Waals surface area contributed by atoms with Crippen LogP contribution in [-0.2, 0) is 14.8 Å². The number of amides is 1. The number of allylic oxidation sites excluding steroid dienone is 1. The highest BCUT2D eigenvalue weighted by molar-refractivity contribution is 7.93. The van der Waals surface area contributed by atoms with Gasteiger partial charge in [-0.1, -0.05) is 24.8 Å². The van der Waals surface area contributed by atoms with E-state index in [1.54, 1.807) is 20.8 Å². The largest absolute Gasteiger partial charge is 0.456 e. The van der Waals surface area contributed by atoms with Crippen molar-refractivity contribution in [3.05, 3.63) is 58.9 Å². The van der Waals surface area contributed by atoms with Gasteiger partial charge < -0.3 is 9.47 Å². The minimum absolute atomic E-state index is 0.0831. The van der Waals surface area contributed by atoms with Crippen molar-refractivity contribution in [2.75, 3.05) is 4.31 Å². The Kier molecular flexibility index (Phi) is 6.71. The van der Waals surface area contributed by atoms with E-state index in [0.29, 0.717) is 0 Å². The van der Waals surface area contributed by atoms with E-state index < -0.39 is 32.4 Å². The Bertz CT molecular complexity index is 1050. The first kappa shape index (κ1) is 22.9. The molecule has 0 aliphatic rings. The molecule has 7 nitrogen and oxygen atoms in total. The maximum Gasteiger partial charge on any atom is 0.430 e. The summed E-state index contributed by atoms with van der Waals surface area (Å²) in [6.07, 6.45) is 0.0324. The van der Waals surface area contributed by atoms with E-state index in [2.05, 4.69) is 18.1 Å². The number of carbonyl (C=O) groups is 1. The molecule has 2 aromatic rings. The van der Waals surface area contributed by atoms with Crippen molar-refractivity contribution in [1.82, 2.24) is 4.98 Å². The lowest BCUT2D eigenvalue weighted by Crippen LogP contribution is -2.41. The van der Waals surface area contributed by atoms with Crippen LogP contribution in [0.2, 0.25) is 5.02 Å². The highest BCUT2D eigenvalue weighted by Crippen LogP contribution is 2.34. The molecule has 1 amide bonds. The maximum atomic E-state index is 14.7. The number of carbonyl (C=O) groups excluding carboxylic acids is 1. The number of nitrogens with zero attached hydrogens (tertiary/aromatic N) is 2. The van der Waals surface area contributed by atoms with Gasteiger partial charge in [0.2, 0.25) is 0 Å². The van der Waals surface area contributed by atoms with Crippen molar-refractivity contribution in [2.24, 2.45) is 0 Å². The van der Waals surface area contributed by atoms with Gasteiger partial charge in [-0.2, -0.15) is 0 Å². The van der Waals surface area contributed by atoms with Crippen LogP contribution in [0.15, 0.2) is 52.9 Å². The van der Waals surface area contributed by atoms with Gasteiger partial charge in [0, 0.05) is 11.4 Å². The summed E-state index contributed by atoms with van der Waals surface area (Å²) in [5.41, 5.74) is 0.323. The van der Waals surface area contributed by atoms with Crippen LogP contribution >= 0.6 is 22.9 Å². The van der Waals surface area contributed by atoms with E-state index in [1.807, 2.05) is 0 Å². The first-order valence-corrected chi connectivity index (χ1v) is 10.8. The Morgan fingerprint density at radius 2 is 2.03 bits per heavy atom. The van der Waals surface area contributed by atoms with E-state index in [4.69, 9.17) is 21.1 Å². The molecule has 0 unspecified atom stereocenters. The molecule has 0 N–H and O–H groups in total. The molecule has 0 radical (unpaired) electrons. The standard InChI is InChI=1S/C18H18ClFN2O5S2/c1-6-11(2)26-14-8-13(20)15(7-12(14)19)29(24,25)22(16-9-28-10-21-16)17(23)27-18(3,4)5/h6-10H,1-2H2,3-5H3. The summed E-state index contributed by atoms with van der Waals surface area (Å²) in [6.45, 7) is 11.6. The van der Waals surface area contributed by atoms with E-state index in [1.165, 1.54) is 17.0 Å². The third-order valence-electron chi connectivity index (χ3n) is 3.16. The number of rotatable bonds is 6. The molecule has 0 atom stereocenters. The summed E-state index contributed by atoms with van der Waals surface area (Å²) in [7, 11) is -4.75. The Hall–Kier alpha value is -2.43. The molecule has 0 spiro atoms.